The number of carbonyl (C=O) groups is 2. The van der Waals surface area contributed by atoms with Gasteiger partial charge in [-0.25, -0.2) is 4.79 Å². The fraction of sp³-hybridized carbons (Fsp3) is 0.677. The molecule has 8 atom stereocenters. The minimum Gasteiger partial charge on any atom is -0.459 e. The van der Waals surface area contributed by atoms with E-state index in [1.165, 1.54) is 44.1 Å². The first kappa shape index (κ1) is 23.8. The smallest absolute Gasteiger partial charge is 0.338 e. The van der Waals surface area contributed by atoms with Crippen molar-refractivity contribution in [1.82, 2.24) is 0 Å². The Hall–Kier alpha value is -1.90. The molecule has 3 nitrogen and oxygen atoms in total. The summed E-state index contributed by atoms with van der Waals surface area (Å²) < 4.78 is 5.95. The van der Waals surface area contributed by atoms with Crippen LogP contribution in [-0.4, -0.2) is 17.9 Å². The number of hydrogen-bond donors (Lipinski definition) is 0. The third kappa shape index (κ3) is 3.69. The van der Waals surface area contributed by atoms with Gasteiger partial charge in [-0.3, -0.25) is 4.79 Å². The van der Waals surface area contributed by atoms with Crippen molar-refractivity contribution >= 4 is 11.8 Å². The fourth-order valence-corrected chi connectivity index (χ4v) is 8.77. The number of carbonyl (C=O) groups excluding carboxylic acids is 2. The molecule has 4 aliphatic carbocycles. The molecule has 1 unspecified atom stereocenters. The van der Waals surface area contributed by atoms with Crippen molar-refractivity contribution in [1.29, 1.82) is 0 Å². The second-order valence-electron chi connectivity index (χ2n) is 12.3. The average molecular weight is 463 g/mol. The topological polar surface area (TPSA) is 43.4 Å². The van der Waals surface area contributed by atoms with Crippen LogP contribution in [0.1, 0.15) is 95.8 Å². The molecule has 3 fully saturated rings. The predicted octanol–water partition coefficient (Wildman–Crippen LogP) is 7.41. The molecule has 0 bridgehead atoms. The number of allylic oxidation sites excluding steroid dienone is 2. The highest BCUT2D eigenvalue weighted by Gasteiger charge is 2.61. The minimum atomic E-state index is -0.205. The third-order valence-electron chi connectivity index (χ3n) is 10.7. The molecule has 0 amide bonds. The van der Waals surface area contributed by atoms with Crippen molar-refractivity contribution < 1.29 is 14.3 Å². The highest BCUT2D eigenvalue weighted by Crippen LogP contribution is 2.65. The highest BCUT2D eigenvalue weighted by atomic mass is 16.5. The molecule has 4 aliphatic rings. The Kier molecular flexibility index (Phi) is 6.27. The first-order valence-corrected chi connectivity index (χ1v) is 13.8. The van der Waals surface area contributed by atoms with Crippen LogP contribution >= 0.6 is 0 Å². The zero-order chi connectivity index (χ0) is 24.1. The number of benzene rings is 1. The van der Waals surface area contributed by atoms with Gasteiger partial charge < -0.3 is 4.74 Å². The highest BCUT2D eigenvalue weighted by molar-refractivity contribution is 5.97. The minimum absolute atomic E-state index is 0.0155. The van der Waals surface area contributed by atoms with Crippen molar-refractivity contribution in [3.8, 4) is 0 Å². The van der Waals surface area contributed by atoms with Crippen LogP contribution in [-0.2, 0) is 9.53 Å². The van der Waals surface area contributed by atoms with E-state index in [0.29, 0.717) is 40.9 Å². The fourth-order valence-electron chi connectivity index (χ4n) is 8.77. The number of ketones is 1. The van der Waals surface area contributed by atoms with Gasteiger partial charge in [0.25, 0.3) is 0 Å². The zero-order valence-electron chi connectivity index (χ0n) is 21.5. The molecule has 0 spiro atoms. The van der Waals surface area contributed by atoms with Crippen molar-refractivity contribution in [2.45, 2.75) is 91.6 Å². The largest absolute Gasteiger partial charge is 0.459 e. The Morgan fingerprint density at radius 3 is 2.59 bits per heavy atom. The van der Waals surface area contributed by atoms with Gasteiger partial charge in [0, 0.05) is 5.41 Å². The van der Waals surface area contributed by atoms with Crippen LogP contribution in [0.5, 0.6) is 0 Å². The lowest BCUT2D eigenvalue weighted by Gasteiger charge is -2.56. The second-order valence-corrected chi connectivity index (χ2v) is 12.3. The maximum Gasteiger partial charge on any atom is 0.338 e. The number of esters is 1. The molecule has 5 rings (SSSR count). The van der Waals surface area contributed by atoms with E-state index in [1.54, 1.807) is 0 Å². The molecule has 1 aromatic rings. The van der Waals surface area contributed by atoms with E-state index in [-0.39, 0.29) is 22.9 Å². The number of fused-ring (bicyclic) bond motifs is 5. The molecule has 0 aromatic heterocycles. The normalized spacial score (nSPS) is 39.9. The maximum atomic E-state index is 13.8. The standard InChI is InChI=1S/C31H42O3/c1-5-9-20(2)25-14-15-26-24-13-12-22-18-23(34-29(33)21-10-7-6-8-11-21)16-17-30(22,3)27(24)19-28(32)31(25,26)4/h6-8,10-11,19-20,22-26H,5,9,12-18H2,1-4H3/t20-,22-,23-,24+,25?,26+,30+,31-/m1/s1. The van der Waals surface area contributed by atoms with Gasteiger partial charge in [0.2, 0.25) is 0 Å². The first-order valence-electron chi connectivity index (χ1n) is 13.8. The molecule has 34 heavy (non-hydrogen) atoms. The van der Waals surface area contributed by atoms with Gasteiger partial charge in [-0.2, -0.15) is 0 Å². The Morgan fingerprint density at radius 1 is 1.09 bits per heavy atom. The summed E-state index contributed by atoms with van der Waals surface area (Å²) in [6.45, 7) is 9.37. The van der Waals surface area contributed by atoms with Gasteiger partial charge in [-0.1, -0.05) is 64.3 Å². The zero-order valence-corrected chi connectivity index (χ0v) is 21.5. The van der Waals surface area contributed by atoms with Gasteiger partial charge in [-0.15, -0.1) is 0 Å². The van der Waals surface area contributed by atoms with E-state index in [1.807, 2.05) is 30.3 Å². The molecule has 3 heteroatoms. The molecule has 0 aliphatic heterocycles. The van der Waals surface area contributed by atoms with E-state index in [2.05, 4.69) is 33.8 Å². The molecule has 0 radical (unpaired) electrons. The Bertz CT molecular complexity index is 964. The van der Waals surface area contributed by atoms with E-state index in [4.69, 9.17) is 4.74 Å². The molecule has 0 saturated heterocycles. The first-order chi connectivity index (χ1) is 16.3. The average Bonchev–Trinajstić information content (AvgIpc) is 3.19. The lowest BCUT2D eigenvalue weighted by Crippen LogP contribution is -2.52. The van der Waals surface area contributed by atoms with E-state index >= 15 is 0 Å². The Balaban J connectivity index is 1.34. The van der Waals surface area contributed by atoms with E-state index in [9.17, 15) is 9.59 Å². The second kappa shape index (κ2) is 8.95. The lowest BCUT2D eigenvalue weighted by atomic mass is 9.48. The van der Waals surface area contributed by atoms with Crippen molar-refractivity contribution in [2.75, 3.05) is 0 Å². The van der Waals surface area contributed by atoms with Gasteiger partial charge in [-0.05, 0) is 98.2 Å². The van der Waals surface area contributed by atoms with Crippen LogP contribution in [0.4, 0.5) is 0 Å². The van der Waals surface area contributed by atoms with Gasteiger partial charge >= 0.3 is 5.97 Å². The number of hydrogen-bond acceptors (Lipinski definition) is 3. The SMILES string of the molecule is CCC[C@@H](C)C1CC[C@H]2[C@@H]3CC[C@@H]4C[C@H](OC(=O)c5ccccc5)CC[C@]4(C)C3=CC(=O)[C@]12C. The quantitative estimate of drug-likeness (QED) is 0.428. The van der Waals surface area contributed by atoms with E-state index < -0.39 is 0 Å². The summed E-state index contributed by atoms with van der Waals surface area (Å²) in [5.41, 5.74) is 1.98. The summed E-state index contributed by atoms with van der Waals surface area (Å²) in [5.74, 6) is 2.92. The van der Waals surface area contributed by atoms with Crippen LogP contribution in [0, 0.1) is 40.4 Å². The van der Waals surface area contributed by atoms with Crippen molar-refractivity contribution in [3.05, 3.63) is 47.5 Å². The Morgan fingerprint density at radius 2 is 1.85 bits per heavy atom. The molecule has 184 valence electrons. The molecule has 3 saturated carbocycles. The van der Waals surface area contributed by atoms with Crippen molar-refractivity contribution in [2.24, 2.45) is 40.4 Å². The summed E-state index contributed by atoms with van der Waals surface area (Å²) in [6.07, 6.45) is 12.2. The summed E-state index contributed by atoms with van der Waals surface area (Å²) >= 11 is 0. The summed E-state index contributed by atoms with van der Waals surface area (Å²) in [4.78, 5) is 26.4. The van der Waals surface area contributed by atoms with Crippen LogP contribution in [0.3, 0.4) is 0 Å². The van der Waals surface area contributed by atoms with Crippen LogP contribution in [0.15, 0.2) is 42.0 Å². The number of ether oxygens (including phenoxy) is 1. The summed E-state index contributed by atoms with van der Waals surface area (Å²) in [5, 5.41) is 0. The molecular formula is C31H42O3. The summed E-state index contributed by atoms with van der Waals surface area (Å²) in [7, 11) is 0. The van der Waals surface area contributed by atoms with Gasteiger partial charge in [0.15, 0.2) is 5.78 Å². The van der Waals surface area contributed by atoms with Gasteiger partial charge in [0.05, 0.1) is 5.56 Å². The summed E-state index contributed by atoms with van der Waals surface area (Å²) in [6, 6.07) is 9.33. The monoisotopic (exact) mass is 462 g/mol. The molecule has 0 N–H and O–H groups in total. The molecular weight excluding hydrogens is 420 g/mol. The molecule has 0 heterocycles. The third-order valence-corrected chi connectivity index (χ3v) is 10.7. The molecule has 1 aromatic carbocycles. The van der Waals surface area contributed by atoms with Crippen LogP contribution < -0.4 is 0 Å². The van der Waals surface area contributed by atoms with Gasteiger partial charge in [0.1, 0.15) is 6.10 Å². The Labute approximate surface area is 205 Å². The van der Waals surface area contributed by atoms with Crippen LogP contribution in [0.2, 0.25) is 0 Å². The number of rotatable bonds is 5. The predicted molar refractivity (Wildman–Crippen MR) is 135 cm³/mol. The van der Waals surface area contributed by atoms with Crippen molar-refractivity contribution in [3.63, 3.8) is 0 Å². The maximum absolute atomic E-state index is 13.8. The lowest BCUT2D eigenvalue weighted by molar-refractivity contribution is -0.132. The van der Waals surface area contributed by atoms with Crippen LogP contribution in [0.25, 0.3) is 0 Å². The van der Waals surface area contributed by atoms with E-state index in [0.717, 1.165) is 19.3 Å².